The first-order valence-corrected chi connectivity index (χ1v) is 5.06. The van der Waals surface area contributed by atoms with Crippen molar-refractivity contribution in [2.75, 3.05) is 0 Å². The predicted octanol–water partition coefficient (Wildman–Crippen LogP) is 3.59. The standard InChI is InChI=1S/C9H16S/c1-3-9-7-5-4-6-8(2)10-9/h7-8H,3-6H2,1-2H3. The van der Waals surface area contributed by atoms with Gasteiger partial charge in [-0.25, -0.2) is 0 Å². The summed E-state index contributed by atoms with van der Waals surface area (Å²) < 4.78 is 0. The molecule has 1 rings (SSSR count). The maximum atomic E-state index is 2.41. The Bertz CT molecular complexity index is 127. The Kier molecular flexibility index (Phi) is 3.33. The predicted molar refractivity (Wildman–Crippen MR) is 49.3 cm³/mol. The lowest BCUT2D eigenvalue weighted by Crippen LogP contribution is -1.92. The molecule has 0 radical (unpaired) electrons. The molecule has 1 aliphatic heterocycles. The van der Waals surface area contributed by atoms with E-state index in [1.807, 2.05) is 0 Å². The Hall–Kier alpha value is 0.0900. The zero-order chi connectivity index (χ0) is 7.40. The minimum atomic E-state index is 0.855. The van der Waals surface area contributed by atoms with Crippen LogP contribution in [0.1, 0.15) is 39.5 Å². The lowest BCUT2D eigenvalue weighted by atomic mass is 10.2. The van der Waals surface area contributed by atoms with Crippen molar-refractivity contribution in [1.29, 1.82) is 0 Å². The van der Waals surface area contributed by atoms with Crippen LogP contribution in [0.15, 0.2) is 11.0 Å². The smallest absolute Gasteiger partial charge is 0.00628 e. The van der Waals surface area contributed by atoms with Gasteiger partial charge in [-0.15, -0.1) is 11.8 Å². The number of hydrogen-bond acceptors (Lipinski definition) is 1. The third kappa shape index (κ3) is 2.37. The maximum Gasteiger partial charge on any atom is 0.00628 e. The molecule has 1 atom stereocenters. The third-order valence-corrected chi connectivity index (χ3v) is 3.28. The lowest BCUT2D eigenvalue weighted by Gasteiger charge is -2.07. The fraction of sp³-hybridized carbons (Fsp3) is 0.778. The molecule has 0 aromatic rings. The monoisotopic (exact) mass is 156 g/mol. The summed E-state index contributed by atoms with van der Waals surface area (Å²) in [6.45, 7) is 4.58. The second-order valence-electron chi connectivity index (χ2n) is 2.88. The van der Waals surface area contributed by atoms with Crippen LogP contribution in [0.3, 0.4) is 0 Å². The van der Waals surface area contributed by atoms with Gasteiger partial charge in [0.05, 0.1) is 0 Å². The van der Waals surface area contributed by atoms with Crippen LogP contribution >= 0.6 is 11.8 Å². The SMILES string of the molecule is CCC1=CCCCC(C)S1. The summed E-state index contributed by atoms with van der Waals surface area (Å²) in [5.41, 5.74) is 0. The summed E-state index contributed by atoms with van der Waals surface area (Å²) in [7, 11) is 0. The molecule has 1 heteroatoms. The van der Waals surface area contributed by atoms with Crippen LogP contribution in [0, 0.1) is 0 Å². The van der Waals surface area contributed by atoms with Gasteiger partial charge < -0.3 is 0 Å². The number of thioether (sulfide) groups is 1. The number of hydrogen-bond donors (Lipinski definition) is 0. The normalized spacial score (nSPS) is 27.4. The highest BCUT2D eigenvalue weighted by molar-refractivity contribution is 8.03. The fourth-order valence-corrected chi connectivity index (χ4v) is 2.44. The van der Waals surface area contributed by atoms with Crippen LogP contribution in [-0.4, -0.2) is 5.25 Å². The molecule has 1 unspecified atom stereocenters. The molecular weight excluding hydrogens is 140 g/mol. The van der Waals surface area contributed by atoms with Gasteiger partial charge in [0, 0.05) is 5.25 Å². The zero-order valence-corrected chi connectivity index (χ0v) is 7.71. The van der Waals surface area contributed by atoms with Crippen molar-refractivity contribution in [2.24, 2.45) is 0 Å². The molecule has 0 amide bonds. The van der Waals surface area contributed by atoms with Crippen LogP contribution in [0.25, 0.3) is 0 Å². The first-order chi connectivity index (χ1) is 4.83. The average Bonchev–Trinajstić information content (AvgIpc) is 2.13. The molecule has 0 N–H and O–H groups in total. The Labute approximate surface area is 68.1 Å². The summed E-state index contributed by atoms with van der Waals surface area (Å²) in [5.74, 6) is 0. The van der Waals surface area contributed by atoms with E-state index >= 15 is 0 Å². The second-order valence-corrected chi connectivity index (χ2v) is 4.45. The number of rotatable bonds is 1. The summed E-state index contributed by atoms with van der Waals surface area (Å²) in [5, 5.41) is 0.855. The van der Waals surface area contributed by atoms with Gasteiger partial charge >= 0.3 is 0 Å². The summed E-state index contributed by atoms with van der Waals surface area (Å²) in [4.78, 5) is 1.60. The quantitative estimate of drug-likeness (QED) is 0.559. The molecule has 0 saturated carbocycles. The highest BCUT2D eigenvalue weighted by Gasteiger charge is 2.07. The van der Waals surface area contributed by atoms with Crippen molar-refractivity contribution in [1.82, 2.24) is 0 Å². The summed E-state index contributed by atoms with van der Waals surface area (Å²) in [6.07, 6.45) is 7.73. The molecule has 0 aromatic heterocycles. The third-order valence-electron chi connectivity index (χ3n) is 1.89. The molecule has 0 fully saturated rings. The van der Waals surface area contributed by atoms with Crippen molar-refractivity contribution < 1.29 is 0 Å². The average molecular weight is 156 g/mol. The number of allylic oxidation sites excluding steroid dienone is 2. The molecule has 0 saturated heterocycles. The van der Waals surface area contributed by atoms with E-state index in [1.165, 1.54) is 25.7 Å². The van der Waals surface area contributed by atoms with E-state index in [-0.39, 0.29) is 0 Å². The van der Waals surface area contributed by atoms with Crippen molar-refractivity contribution in [2.45, 2.75) is 44.8 Å². The van der Waals surface area contributed by atoms with Gasteiger partial charge in [0.15, 0.2) is 0 Å². The molecule has 10 heavy (non-hydrogen) atoms. The molecule has 0 bridgehead atoms. The van der Waals surface area contributed by atoms with E-state index in [9.17, 15) is 0 Å². The topological polar surface area (TPSA) is 0 Å². The molecule has 58 valence electrons. The van der Waals surface area contributed by atoms with Gasteiger partial charge in [-0.1, -0.05) is 19.9 Å². The Balaban J connectivity index is 2.46. The highest BCUT2D eigenvalue weighted by Crippen LogP contribution is 2.30. The van der Waals surface area contributed by atoms with Crippen LogP contribution in [0.5, 0.6) is 0 Å². The molecule has 0 aliphatic carbocycles. The second kappa shape index (κ2) is 4.07. The van der Waals surface area contributed by atoms with Gasteiger partial charge in [-0.3, -0.25) is 0 Å². The Morgan fingerprint density at radius 2 is 2.50 bits per heavy atom. The van der Waals surface area contributed by atoms with Crippen LogP contribution in [0.4, 0.5) is 0 Å². The van der Waals surface area contributed by atoms with Crippen molar-refractivity contribution in [3.8, 4) is 0 Å². The first kappa shape index (κ1) is 8.19. The fourth-order valence-electron chi connectivity index (χ4n) is 1.26. The molecule has 1 heterocycles. The minimum Gasteiger partial charge on any atom is -0.128 e. The molecular formula is C9H16S. The molecule has 0 nitrogen and oxygen atoms in total. The van der Waals surface area contributed by atoms with Gasteiger partial charge in [-0.2, -0.15) is 0 Å². The van der Waals surface area contributed by atoms with E-state index in [0.29, 0.717) is 0 Å². The van der Waals surface area contributed by atoms with Crippen LogP contribution in [0.2, 0.25) is 0 Å². The van der Waals surface area contributed by atoms with Gasteiger partial charge in [0.1, 0.15) is 0 Å². The molecule has 1 aliphatic rings. The molecule has 0 spiro atoms. The van der Waals surface area contributed by atoms with Crippen molar-refractivity contribution in [3.63, 3.8) is 0 Å². The van der Waals surface area contributed by atoms with E-state index < -0.39 is 0 Å². The van der Waals surface area contributed by atoms with Crippen LogP contribution in [-0.2, 0) is 0 Å². The summed E-state index contributed by atoms with van der Waals surface area (Å²) in [6, 6.07) is 0. The lowest BCUT2D eigenvalue weighted by molar-refractivity contribution is 0.749. The van der Waals surface area contributed by atoms with Crippen molar-refractivity contribution >= 4 is 11.8 Å². The van der Waals surface area contributed by atoms with E-state index in [4.69, 9.17) is 0 Å². The zero-order valence-electron chi connectivity index (χ0n) is 6.89. The Morgan fingerprint density at radius 1 is 1.70 bits per heavy atom. The first-order valence-electron chi connectivity index (χ1n) is 4.18. The summed E-state index contributed by atoms with van der Waals surface area (Å²) >= 11 is 2.07. The van der Waals surface area contributed by atoms with Gasteiger partial charge in [-0.05, 0) is 30.6 Å². The van der Waals surface area contributed by atoms with Crippen LogP contribution < -0.4 is 0 Å². The largest absolute Gasteiger partial charge is 0.128 e. The van der Waals surface area contributed by atoms with E-state index in [2.05, 4.69) is 31.7 Å². The highest BCUT2D eigenvalue weighted by atomic mass is 32.2. The molecule has 0 aromatic carbocycles. The van der Waals surface area contributed by atoms with Gasteiger partial charge in [0.2, 0.25) is 0 Å². The minimum absolute atomic E-state index is 0.855. The van der Waals surface area contributed by atoms with E-state index in [1.54, 1.807) is 4.91 Å². The van der Waals surface area contributed by atoms with Gasteiger partial charge in [0.25, 0.3) is 0 Å². The maximum absolute atomic E-state index is 2.41. The van der Waals surface area contributed by atoms with E-state index in [0.717, 1.165) is 5.25 Å². The Morgan fingerprint density at radius 3 is 3.20 bits per heavy atom. The van der Waals surface area contributed by atoms with Crippen molar-refractivity contribution in [3.05, 3.63) is 11.0 Å².